The standard InChI is InChI=1S/C6H6O.C6H12O/c7-6-4-2-1-3-5-6;1-3-4-6(2)5-7/h1-5,7H;5-6H,3-4H2,1-2H3. The molecule has 2 heteroatoms. The Hall–Kier alpha value is -1.31. The van der Waals surface area contributed by atoms with Gasteiger partial charge in [0.2, 0.25) is 0 Å². The fourth-order valence-corrected chi connectivity index (χ4v) is 0.951. The SMILES string of the molecule is CCCC(C)C=O.Oc1ccccc1. The lowest BCUT2D eigenvalue weighted by Crippen LogP contribution is -1.92. The third-order valence-electron chi connectivity index (χ3n) is 1.73. The van der Waals surface area contributed by atoms with Gasteiger partial charge in [0.15, 0.2) is 0 Å². The van der Waals surface area contributed by atoms with Crippen molar-refractivity contribution in [3.63, 3.8) is 0 Å². The molecule has 0 spiro atoms. The molecule has 0 heterocycles. The quantitative estimate of drug-likeness (QED) is 0.751. The zero-order valence-corrected chi connectivity index (χ0v) is 8.81. The molecule has 0 amide bonds. The first-order valence-electron chi connectivity index (χ1n) is 4.90. The van der Waals surface area contributed by atoms with Crippen molar-refractivity contribution in [1.82, 2.24) is 0 Å². The zero-order valence-electron chi connectivity index (χ0n) is 8.81. The van der Waals surface area contributed by atoms with Gasteiger partial charge in [-0.1, -0.05) is 38.5 Å². The van der Waals surface area contributed by atoms with Gasteiger partial charge >= 0.3 is 0 Å². The van der Waals surface area contributed by atoms with Gasteiger partial charge in [-0.2, -0.15) is 0 Å². The van der Waals surface area contributed by atoms with Gasteiger partial charge in [-0.05, 0) is 18.6 Å². The summed E-state index contributed by atoms with van der Waals surface area (Å²) in [6.07, 6.45) is 3.15. The van der Waals surface area contributed by atoms with Crippen LogP contribution in [-0.2, 0) is 4.79 Å². The minimum Gasteiger partial charge on any atom is -0.508 e. The first-order chi connectivity index (χ1) is 6.70. The van der Waals surface area contributed by atoms with E-state index in [0.29, 0.717) is 5.75 Å². The van der Waals surface area contributed by atoms with E-state index in [1.165, 1.54) is 0 Å². The van der Waals surface area contributed by atoms with Gasteiger partial charge in [0.05, 0.1) is 0 Å². The van der Waals surface area contributed by atoms with Crippen molar-refractivity contribution < 1.29 is 9.90 Å². The van der Waals surface area contributed by atoms with Crippen molar-refractivity contribution in [1.29, 1.82) is 0 Å². The van der Waals surface area contributed by atoms with Crippen LogP contribution in [0.2, 0.25) is 0 Å². The maximum atomic E-state index is 9.89. The molecule has 0 fully saturated rings. The van der Waals surface area contributed by atoms with E-state index >= 15 is 0 Å². The highest BCUT2D eigenvalue weighted by Gasteiger charge is 1.93. The van der Waals surface area contributed by atoms with Crippen molar-refractivity contribution in [2.75, 3.05) is 0 Å². The van der Waals surface area contributed by atoms with Crippen molar-refractivity contribution in [3.8, 4) is 5.75 Å². The number of aldehydes is 1. The molecule has 78 valence electrons. The molecule has 0 bridgehead atoms. The molecular formula is C12H18O2. The Morgan fingerprint density at radius 3 is 2.14 bits per heavy atom. The second-order valence-corrected chi connectivity index (χ2v) is 3.24. The smallest absolute Gasteiger partial charge is 0.122 e. The van der Waals surface area contributed by atoms with Crippen LogP contribution in [0.5, 0.6) is 5.75 Å². The Morgan fingerprint density at radius 1 is 1.36 bits per heavy atom. The van der Waals surface area contributed by atoms with Crippen LogP contribution in [-0.4, -0.2) is 11.4 Å². The van der Waals surface area contributed by atoms with Crippen LogP contribution in [0.4, 0.5) is 0 Å². The second-order valence-electron chi connectivity index (χ2n) is 3.24. The molecule has 1 atom stereocenters. The Morgan fingerprint density at radius 2 is 1.93 bits per heavy atom. The summed E-state index contributed by atoms with van der Waals surface area (Å²) in [6.45, 7) is 4.02. The van der Waals surface area contributed by atoms with Crippen molar-refractivity contribution in [3.05, 3.63) is 30.3 Å². The number of carbonyl (C=O) groups excluding carboxylic acids is 1. The van der Waals surface area contributed by atoms with Crippen LogP contribution < -0.4 is 0 Å². The Balaban J connectivity index is 0.000000241. The fourth-order valence-electron chi connectivity index (χ4n) is 0.951. The Kier molecular flexibility index (Phi) is 7.52. The number of hydrogen-bond acceptors (Lipinski definition) is 2. The maximum Gasteiger partial charge on any atom is 0.122 e. The molecule has 0 saturated carbocycles. The highest BCUT2D eigenvalue weighted by atomic mass is 16.3. The van der Waals surface area contributed by atoms with Crippen LogP contribution in [0.3, 0.4) is 0 Å². The summed E-state index contributed by atoms with van der Waals surface area (Å²) in [5, 5.41) is 8.63. The molecule has 0 radical (unpaired) electrons. The van der Waals surface area contributed by atoms with Crippen molar-refractivity contribution in [2.24, 2.45) is 5.92 Å². The first-order valence-corrected chi connectivity index (χ1v) is 4.90. The summed E-state index contributed by atoms with van der Waals surface area (Å²) in [5.74, 6) is 0.590. The summed E-state index contributed by atoms with van der Waals surface area (Å²) in [6, 6.07) is 8.71. The normalized spacial score (nSPS) is 11.0. The summed E-state index contributed by atoms with van der Waals surface area (Å²) < 4.78 is 0. The average molecular weight is 194 g/mol. The molecule has 1 aromatic rings. The number of phenols is 1. The molecule has 1 N–H and O–H groups in total. The van der Waals surface area contributed by atoms with Gasteiger partial charge in [0.25, 0.3) is 0 Å². The average Bonchev–Trinajstić information content (AvgIpc) is 2.20. The number of para-hydroxylation sites is 1. The van der Waals surface area contributed by atoms with Crippen LogP contribution in [0.15, 0.2) is 30.3 Å². The van der Waals surface area contributed by atoms with Crippen LogP contribution in [0.1, 0.15) is 26.7 Å². The largest absolute Gasteiger partial charge is 0.508 e. The van der Waals surface area contributed by atoms with E-state index in [1.807, 2.05) is 13.0 Å². The van der Waals surface area contributed by atoms with Gasteiger partial charge < -0.3 is 9.90 Å². The third-order valence-corrected chi connectivity index (χ3v) is 1.73. The topological polar surface area (TPSA) is 37.3 Å². The molecule has 1 aromatic carbocycles. The Labute approximate surface area is 85.6 Å². The van der Waals surface area contributed by atoms with Gasteiger partial charge in [0.1, 0.15) is 12.0 Å². The lowest BCUT2D eigenvalue weighted by molar-refractivity contribution is -0.110. The van der Waals surface area contributed by atoms with Gasteiger partial charge in [0, 0.05) is 5.92 Å². The Bertz CT molecular complexity index is 231. The minimum atomic E-state index is 0.269. The van der Waals surface area contributed by atoms with E-state index in [1.54, 1.807) is 24.3 Å². The van der Waals surface area contributed by atoms with Crippen LogP contribution in [0, 0.1) is 5.92 Å². The molecule has 1 rings (SSSR count). The highest BCUT2D eigenvalue weighted by molar-refractivity contribution is 5.52. The van der Waals surface area contributed by atoms with Gasteiger partial charge in [-0.15, -0.1) is 0 Å². The molecular weight excluding hydrogens is 176 g/mol. The van der Waals surface area contributed by atoms with E-state index in [4.69, 9.17) is 5.11 Å². The number of hydrogen-bond donors (Lipinski definition) is 1. The molecule has 14 heavy (non-hydrogen) atoms. The summed E-state index contributed by atoms with van der Waals surface area (Å²) >= 11 is 0. The molecule has 1 unspecified atom stereocenters. The van der Waals surface area contributed by atoms with Crippen molar-refractivity contribution in [2.45, 2.75) is 26.7 Å². The number of phenolic OH excluding ortho intramolecular Hbond substituents is 1. The second kappa shape index (κ2) is 8.30. The summed E-state index contributed by atoms with van der Waals surface area (Å²) in [4.78, 5) is 9.89. The van der Waals surface area contributed by atoms with E-state index in [-0.39, 0.29) is 5.92 Å². The predicted molar refractivity (Wildman–Crippen MR) is 58.2 cm³/mol. The first kappa shape index (κ1) is 12.7. The lowest BCUT2D eigenvalue weighted by Gasteiger charge is -1.94. The fraction of sp³-hybridized carbons (Fsp3) is 0.417. The van der Waals surface area contributed by atoms with Crippen LogP contribution in [0.25, 0.3) is 0 Å². The molecule has 0 aliphatic rings. The van der Waals surface area contributed by atoms with Crippen LogP contribution >= 0.6 is 0 Å². The van der Waals surface area contributed by atoms with Gasteiger partial charge in [-0.25, -0.2) is 0 Å². The van der Waals surface area contributed by atoms with E-state index < -0.39 is 0 Å². The zero-order chi connectivity index (χ0) is 10.8. The summed E-state index contributed by atoms with van der Waals surface area (Å²) in [5.41, 5.74) is 0. The minimum absolute atomic E-state index is 0.269. The predicted octanol–water partition coefficient (Wildman–Crippen LogP) is 3.01. The molecule has 2 nitrogen and oxygen atoms in total. The number of aromatic hydroxyl groups is 1. The maximum absolute atomic E-state index is 9.89. The van der Waals surface area contributed by atoms with E-state index in [0.717, 1.165) is 19.1 Å². The van der Waals surface area contributed by atoms with Gasteiger partial charge in [-0.3, -0.25) is 0 Å². The number of carbonyl (C=O) groups is 1. The third kappa shape index (κ3) is 7.35. The molecule has 0 aromatic heterocycles. The van der Waals surface area contributed by atoms with E-state index in [2.05, 4.69) is 6.92 Å². The molecule has 0 aliphatic heterocycles. The van der Waals surface area contributed by atoms with E-state index in [9.17, 15) is 4.79 Å². The number of rotatable bonds is 3. The summed E-state index contributed by atoms with van der Waals surface area (Å²) in [7, 11) is 0. The molecule has 0 aliphatic carbocycles. The number of benzene rings is 1. The highest BCUT2D eigenvalue weighted by Crippen LogP contribution is 2.02. The lowest BCUT2D eigenvalue weighted by atomic mass is 10.1. The van der Waals surface area contributed by atoms with Crippen molar-refractivity contribution >= 4 is 6.29 Å². The monoisotopic (exact) mass is 194 g/mol. The molecule has 0 saturated heterocycles.